The van der Waals surface area contributed by atoms with Gasteiger partial charge in [-0.05, 0) is 46.6 Å². The molecular formula is C13H14BrClN2S. The van der Waals surface area contributed by atoms with Crippen molar-refractivity contribution in [2.24, 2.45) is 0 Å². The first-order valence-corrected chi connectivity index (χ1v) is 7.85. The van der Waals surface area contributed by atoms with Crippen molar-refractivity contribution in [1.82, 2.24) is 10.3 Å². The van der Waals surface area contributed by atoms with Gasteiger partial charge < -0.3 is 5.32 Å². The van der Waals surface area contributed by atoms with Gasteiger partial charge in [0.2, 0.25) is 0 Å². The maximum absolute atomic E-state index is 6.16. The van der Waals surface area contributed by atoms with Crippen LogP contribution in [0.3, 0.4) is 0 Å². The molecule has 0 saturated carbocycles. The summed E-state index contributed by atoms with van der Waals surface area (Å²) in [7, 11) is 0. The van der Waals surface area contributed by atoms with Crippen molar-refractivity contribution in [1.29, 1.82) is 0 Å². The van der Waals surface area contributed by atoms with Crippen molar-refractivity contribution in [2.75, 3.05) is 6.54 Å². The zero-order chi connectivity index (χ0) is 13.0. The van der Waals surface area contributed by atoms with Crippen LogP contribution < -0.4 is 5.32 Å². The third-order valence-corrected chi connectivity index (χ3v) is 4.65. The number of hydrogen-bond donors (Lipinski definition) is 1. The maximum atomic E-state index is 6.16. The smallest absolute Gasteiger partial charge is 0.114 e. The van der Waals surface area contributed by atoms with Crippen LogP contribution in [0.4, 0.5) is 0 Å². The number of halogens is 2. The second-order valence-corrected chi connectivity index (χ2v) is 6.12. The maximum Gasteiger partial charge on any atom is 0.114 e. The van der Waals surface area contributed by atoms with E-state index in [0.29, 0.717) is 0 Å². The average Bonchev–Trinajstić information content (AvgIpc) is 2.88. The fraction of sp³-hybridized carbons (Fsp3) is 0.308. The quantitative estimate of drug-likeness (QED) is 0.853. The number of thiazole rings is 1. The first kappa shape index (κ1) is 14.0. The number of nitrogens with one attached hydrogen (secondary N) is 1. The predicted molar refractivity (Wildman–Crippen MR) is 81.4 cm³/mol. The standard InChI is InChI=1S/C13H14BrClN2S/c1-2-5-16-12(13-17-6-7-18-13)9-3-4-10(14)11(15)8-9/h3-4,6-8,12,16H,2,5H2,1H3. The van der Waals surface area contributed by atoms with Crippen LogP contribution in [0, 0.1) is 0 Å². The van der Waals surface area contributed by atoms with E-state index in [4.69, 9.17) is 11.6 Å². The molecule has 18 heavy (non-hydrogen) atoms. The Hall–Kier alpha value is -0.420. The number of aromatic nitrogens is 1. The molecule has 2 aromatic rings. The van der Waals surface area contributed by atoms with Gasteiger partial charge in [-0.1, -0.05) is 24.6 Å². The molecular weight excluding hydrogens is 332 g/mol. The number of benzene rings is 1. The van der Waals surface area contributed by atoms with Gasteiger partial charge in [-0.2, -0.15) is 0 Å². The van der Waals surface area contributed by atoms with Crippen LogP contribution in [0.5, 0.6) is 0 Å². The fourth-order valence-corrected chi connectivity index (χ4v) is 2.88. The molecule has 1 N–H and O–H groups in total. The Labute approximate surface area is 125 Å². The van der Waals surface area contributed by atoms with Crippen LogP contribution in [0.1, 0.15) is 30.0 Å². The summed E-state index contributed by atoms with van der Waals surface area (Å²) in [6.07, 6.45) is 2.92. The summed E-state index contributed by atoms with van der Waals surface area (Å²) >= 11 is 11.2. The van der Waals surface area contributed by atoms with E-state index in [9.17, 15) is 0 Å². The molecule has 96 valence electrons. The molecule has 5 heteroatoms. The Bertz CT molecular complexity index is 502. The van der Waals surface area contributed by atoms with E-state index in [2.05, 4.69) is 39.2 Å². The molecule has 0 aliphatic heterocycles. The van der Waals surface area contributed by atoms with Gasteiger partial charge in [-0.25, -0.2) is 4.98 Å². The molecule has 0 radical (unpaired) electrons. The lowest BCUT2D eigenvalue weighted by molar-refractivity contribution is 0.596. The second-order valence-electron chi connectivity index (χ2n) is 3.93. The molecule has 0 amide bonds. The Morgan fingerprint density at radius 2 is 2.33 bits per heavy atom. The molecule has 0 spiro atoms. The van der Waals surface area contributed by atoms with E-state index in [-0.39, 0.29) is 6.04 Å². The lowest BCUT2D eigenvalue weighted by atomic mass is 10.1. The van der Waals surface area contributed by atoms with Gasteiger partial charge in [0, 0.05) is 16.0 Å². The van der Waals surface area contributed by atoms with Crippen LogP contribution in [0.15, 0.2) is 34.2 Å². The topological polar surface area (TPSA) is 24.9 Å². The molecule has 2 rings (SSSR count). The minimum absolute atomic E-state index is 0.121. The number of nitrogens with zero attached hydrogens (tertiary/aromatic N) is 1. The summed E-state index contributed by atoms with van der Waals surface area (Å²) in [6, 6.07) is 6.16. The summed E-state index contributed by atoms with van der Waals surface area (Å²) < 4.78 is 0.918. The van der Waals surface area contributed by atoms with Crippen LogP contribution in [-0.4, -0.2) is 11.5 Å². The van der Waals surface area contributed by atoms with Gasteiger partial charge in [0.05, 0.1) is 11.1 Å². The summed E-state index contributed by atoms with van der Waals surface area (Å²) in [5, 5.41) is 7.31. The molecule has 0 bridgehead atoms. The van der Waals surface area contributed by atoms with Crippen molar-refractivity contribution in [3.63, 3.8) is 0 Å². The van der Waals surface area contributed by atoms with Crippen LogP contribution in [-0.2, 0) is 0 Å². The highest BCUT2D eigenvalue weighted by molar-refractivity contribution is 9.10. The average molecular weight is 346 g/mol. The highest BCUT2D eigenvalue weighted by atomic mass is 79.9. The number of rotatable bonds is 5. The van der Waals surface area contributed by atoms with Crippen LogP contribution >= 0.6 is 38.9 Å². The van der Waals surface area contributed by atoms with E-state index in [0.717, 1.165) is 33.0 Å². The molecule has 0 saturated heterocycles. The van der Waals surface area contributed by atoms with Gasteiger partial charge in [0.1, 0.15) is 5.01 Å². The van der Waals surface area contributed by atoms with Crippen molar-refractivity contribution in [3.8, 4) is 0 Å². The van der Waals surface area contributed by atoms with Gasteiger partial charge in [-0.3, -0.25) is 0 Å². The van der Waals surface area contributed by atoms with Gasteiger partial charge in [0.25, 0.3) is 0 Å². The highest BCUT2D eigenvalue weighted by Gasteiger charge is 2.16. The zero-order valence-electron chi connectivity index (χ0n) is 9.99. The third kappa shape index (κ3) is 3.32. The minimum atomic E-state index is 0.121. The molecule has 2 nitrogen and oxygen atoms in total. The third-order valence-electron chi connectivity index (χ3n) is 2.57. The fourth-order valence-electron chi connectivity index (χ4n) is 1.71. The molecule has 0 aliphatic carbocycles. The Morgan fingerprint density at radius 1 is 1.50 bits per heavy atom. The first-order chi connectivity index (χ1) is 8.72. The molecule has 1 aromatic carbocycles. The van der Waals surface area contributed by atoms with Crippen molar-refractivity contribution >= 4 is 38.9 Å². The molecule has 1 unspecified atom stereocenters. The van der Waals surface area contributed by atoms with Crippen molar-refractivity contribution < 1.29 is 0 Å². The van der Waals surface area contributed by atoms with Crippen molar-refractivity contribution in [2.45, 2.75) is 19.4 Å². The number of hydrogen-bond acceptors (Lipinski definition) is 3. The molecule has 0 fully saturated rings. The SMILES string of the molecule is CCCNC(c1ccc(Br)c(Cl)c1)c1nccs1. The van der Waals surface area contributed by atoms with Gasteiger partial charge in [-0.15, -0.1) is 11.3 Å². The van der Waals surface area contributed by atoms with E-state index < -0.39 is 0 Å². The summed E-state index contributed by atoms with van der Waals surface area (Å²) in [5.74, 6) is 0. The molecule has 0 aliphatic rings. The van der Waals surface area contributed by atoms with E-state index in [1.165, 1.54) is 0 Å². The Morgan fingerprint density at radius 3 is 2.94 bits per heavy atom. The van der Waals surface area contributed by atoms with Gasteiger partial charge >= 0.3 is 0 Å². The second kappa shape index (κ2) is 6.66. The molecule has 1 atom stereocenters. The zero-order valence-corrected chi connectivity index (χ0v) is 13.1. The summed E-state index contributed by atoms with van der Waals surface area (Å²) in [5.41, 5.74) is 1.15. The van der Waals surface area contributed by atoms with E-state index >= 15 is 0 Å². The lowest BCUT2D eigenvalue weighted by Crippen LogP contribution is -2.23. The summed E-state index contributed by atoms with van der Waals surface area (Å²) in [6.45, 7) is 3.11. The Kier molecular flexibility index (Phi) is 5.18. The molecule has 1 aromatic heterocycles. The predicted octanol–water partition coefficient (Wildman–Crippen LogP) is 4.65. The Balaban J connectivity index is 2.30. The van der Waals surface area contributed by atoms with Crippen LogP contribution in [0.2, 0.25) is 5.02 Å². The van der Waals surface area contributed by atoms with Crippen LogP contribution in [0.25, 0.3) is 0 Å². The van der Waals surface area contributed by atoms with Gasteiger partial charge in [0.15, 0.2) is 0 Å². The van der Waals surface area contributed by atoms with E-state index in [1.54, 1.807) is 11.3 Å². The molecule has 1 heterocycles. The summed E-state index contributed by atoms with van der Waals surface area (Å²) in [4.78, 5) is 4.40. The highest BCUT2D eigenvalue weighted by Crippen LogP contribution is 2.29. The normalized spacial score (nSPS) is 12.6. The van der Waals surface area contributed by atoms with E-state index in [1.807, 2.05) is 23.7 Å². The monoisotopic (exact) mass is 344 g/mol. The first-order valence-electron chi connectivity index (χ1n) is 5.80. The largest absolute Gasteiger partial charge is 0.304 e. The van der Waals surface area contributed by atoms with Crippen molar-refractivity contribution in [3.05, 3.63) is 49.8 Å². The minimum Gasteiger partial charge on any atom is -0.304 e. The lowest BCUT2D eigenvalue weighted by Gasteiger charge is -2.17.